The summed E-state index contributed by atoms with van der Waals surface area (Å²) in [5.41, 5.74) is 0. The van der Waals surface area contributed by atoms with E-state index in [2.05, 4.69) is 34.4 Å². The molecule has 0 saturated heterocycles. The number of halogens is 2. The highest BCUT2D eigenvalue weighted by Gasteiger charge is 2.23. The number of hydrogen-bond acceptors (Lipinski definition) is 5. The van der Waals surface area contributed by atoms with Crippen molar-refractivity contribution in [2.24, 2.45) is 0 Å². The fourth-order valence-corrected chi connectivity index (χ4v) is 4.37. The molecule has 9 heteroatoms. The Bertz CT molecular complexity index is 301. The lowest BCUT2D eigenvalue weighted by atomic mass is 10.3. The monoisotopic (exact) mass is 377 g/mol. The van der Waals surface area contributed by atoms with E-state index >= 15 is 0 Å². The molecule has 21 heavy (non-hydrogen) atoms. The minimum atomic E-state index is -1.15. The van der Waals surface area contributed by atoms with Gasteiger partial charge in [-0.15, -0.1) is 23.2 Å². The first-order valence-corrected chi connectivity index (χ1v) is 12.3. The Balaban J connectivity index is 0. The molecule has 0 aliphatic heterocycles. The van der Waals surface area contributed by atoms with Gasteiger partial charge in [-0.1, -0.05) is 19.6 Å². The molecule has 0 aromatic heterocycles. The lowest BCUT2D eigenvalue weighted by molar-refractivity contribution is -0.142. The zero-order valence-electron chi connectivity index (χ0n) is 13.2. The van der Waals surface area contributed by atoms with Gasteiger partial charge in [0.15, 0.2) is 0 Å². The van der Waals surface area contributed by atoms with Crippen molar-refractivity contribution in [1.29, 1.82) is 0 Å². The third-order valence-electron chi connectivity index (χ3n) is 1.85. The summed E-state index contributed by atoms with van der Waals surface area (Å²) in [6.45, 7) is 6.75. The van der Waals surface area contributed by atoms with Gasteiger partial charge in [0.2, 0.25) is 0 Å². The van der Waals surface area contributed by atoms with Crippen molar-refractivity contribution in [1.82, 2.24) is 5.32 Å². The van der Waals surface area contributed by atoms with Crippen LogP contribution in [0.25, 0.3) is 0 Å². The van der Waals surface area contributed by atoms with Crippen molar-refractivity contribution >= 4 is 55.1 Å². The fraction of sp³-hybridized carbons (Fsp3) is 0.833. The van der Waals surface area contributed by atoms with E-state index < -0.39 is 26.2 Å². The molecule has 0 spiro atoms. The predicted molar refractivity (Wildman–Crippen MR) is 93.5 cm³/mol. The predicted octanol–water partition coefficient (Wildman–Crippen LogP) is 2.96. The Morgan fingerprint density at radius 3 is 2.00 bits per heavy atom. The van der Waals surface area contributed by atoms with Gasteiger partial charge in [0.05, 0.1) is 22.3 Å². The average Bonchev–Trinajstić information content (AvgIpc) is 2.44. The second-order valence-corrected chi connectivity index (χ2v) is 12.9. The largest absolute Gasteiger partial charge is 0.467 e. The summed E-state index contributed by atoms with van der Waals surface area (Å²) >= 11 is 11.8. The van der Waals surface area contributed by atoms with E-state index in [0.717, 1.165) is 5.38 Å². The van der Waals surface area contributed by atoms with Crippen molar-refractivity contribution in [3.05, 3.63) is 0 Å². The maximum Gasteiger partial charge on any atom is 0.407 e. The van der Waals surface area contributed by atoms with Gasteiger partial charge >= 0.3 is 12.1 Å². The molecule has 1 unspecified atom stereocenters. The summed E-state index contributed by atoms with van der Waals surface area (Å²) in [6.07, 6.45) is -0.617. The van der Waals surface area contributed by atoms with Crippen molar-refractivity contribution in [3.8, 4) is 0 Å². The Labute approximate surface area is 142 Å². The summed E-state index contributed by atoms with van der Waals surface area (Å²) in [7, 11) is 1.42. The highest BCUT2D eigenvalue weighted by atomic mass is 35.5. The molecule has 1 amide bonds. The number of nitrogens with one attached hydrogen (secondary N) is 1. The molecular formula is C12H25Cl2NO4SSi. The average molecular weight is 378 g/mol. The van der Waals surface area contributed by atoms with Gasteiger partial charge in [-0.25, -0.2) is 9.59 Å². The maximum atomic E-state index is 11.4. The highest BCUT2D eigenvalue weighted by molar-refractivity contribution is 8.00. The van der Waals surface area contributed by atoms with Crippen LogP contribution in [0.1, 0.15) is 0 Å². The SMILES string of the molecule is COC(=O)NC(CSC[Si](C)(C)C)C(=O)OC.ClCCCl. The van der Waals surface area contributed by atoms with Gasteiger partial charge in [0, 0.05) is 17.5 Å². The van der Waals surface area contributed by atoms with Gasteiger partial charge in [-0.2, -0.15) is 11.8 Å². The Morgan fingerprint density at radius 2 is 1.67 bits per heavy atom. The van der Waals surface area contributed by atoms with E-state index in [-0.39, 0.29) is 0 Å². The number of amides is 1. The third kappa shape index (κ3) is 16.1. The van der Waals surface area contributed by atoms with Crippen LogP contribution in [0.3, 0.4) is 0 Å². The Kier molecular flexibility index (Phi) is 14.9. The lowest BCUT2D eigenvalue weighted by Gasteiger charge is -2.18. The third-order valence-corrected chi connectivity index (χ3v) is 7.28. The van der Waals surface area contributed by atoms with Gasteiger partial charge < -0.3 is 14.8 Å². The number of rotatable bonds is 7. The second-order valence-electron chi connectivity index (χ2n) is 5.17. The summed E-state index contributed by atoms with van der Waals surface area (Å²) in [6, 6.07) is -0.645. The molecule has 0 aliphatic carbocycles. The number of alkyl halides is 2. The first-order chi connectivity index (χ1) is 9.71. The first-order valence-electron chi connectivity index (χ1n) is 6.33. The normalized spacial score (nSPS) is 11.8. The number of carbonyl (C=O) groups excluding carboxylic acids is 2. The van der Waals surface area contributed by atoms with Crippen LogP contribution >= 0.6 is 35.0 Å². The fourth-order valence-electron chi connectivity index (χ4n) is 0.995. The highest BCUT2D eigenvalue weighted by Crippen LogP contribution is 2.13. The van der Waals surface area contributed by atoms with Gasteiger partial charge in [-0.05, 0) is 5.38 Å². The molecule has 0 rings (SSSR count). The van der Waals surface area contributed by atoms with Gasteiger partial charge in [0.1, 0.15) is 6.04 Å². The quantitative estimate of drug-likeness (QED) is 0.419. The molecule has 0 aromatic carbocycles. The van der Waals surface area contributed by atoms with E-state index in [1.807, 2.05) is 0 Å². The minimum absolute atomic E-state index is 0.446. The zero-order valence-corrected chi connectivity index (χ0v) is 16.5. The van der Waals surface area contributed by atoms with Crippen LogP contribution in [-0.2, 0) is 14.3 Å². The molecular weight excluding hydrogens is 353 g/mol. The molecule has 126 valence electrons. The summed E-state index contributed by atoms with van der Waals surface area (Å²) in [5, 5.41) is 3.49. The number of alkyl carbamates (subject to hydrolysis) is 1. The molecule has 1 N–H and O–H groups in total. The van der Waals surface area contributed by atoms with E-state index in [9.17, 15) is 9.59 Å². The molecule has 0 radical (unpaired) electrons. The van der Waals surface area contributed by atoms with Crippen LogP contribution in [0.4, 0.5) is 4.79 Å². The van der Waals surface area contributed by atoms with Gasteiger partial charge in [0.25, 0.3) is 0 Å². The van der Waals surface area contributed by atoms with Crippen LogP contribution in [0, 0.1) is 0 Å². The molecule has 0 bridgehead atoms. The molecule has 1 atom stereocenters. The topological polar surface area (TPSA) is 64.6 Å². The van der Waals surface area contributed by atoms with E-state index in [1.165, 1.54) is 14.2 Å². The van der Waals surface area contributed by atoms with Crippen molar-refractivity contribution in [2.45, 2.75) is 25.7 Å². The smallest absolute Gasteiger partial charge is 0.407 e. The number of thioether (sulfide) groups is 1. The summed E-state index contributed by atoms with van der Waals surface area (Å²) < 4.78 is 9.09. The number of esters is 1. The molecule has 0 aromatic rings. The molecule has 5 nitrogen and oxygen atoms in total. The number of carbonyl (C=O) groups is 2. The number of ether oxygens (including phenoxy) is 2. The summed E-state index contributed by atoms with van der Waals surface area (Å²) in [4.78, 5) is 22.5. The van der Waals surface area contributed by atoms with Crippen molar-refractivity contribution < 1.29 is 19.1 Å². The van der Waals surface area contributed by atoms with Crippen LogP contribution in [0.2, 0.25) is 19.6 Å². The molecule has 0 heterocycles. The van der Waals surface area contributed by atoms with Crippen LogP contribution in [0.5, 0.6) is 0 Å². The van der Waals surface area contributed by atoms with Gasteiger partial charge in [-0.3, -0.25) is 0 Å². The maximum absolute atomic E-state index is 11.4. The van der Waals surface area contributed by atoms with E-state index in [4.69, 9.17) is 23.2 Å². The molecule has 0 fully saturated rings. The van der Waals surface area contributed by atoms with Crippen LogP contribution in [-0.4, -0.2) is 63.3 Å². The number of methoxy groups -OCH3 is 2. The molecule has 0 saturated carbocycles. The first kappa shape index (κ1) is 23.2. The minimum Gasteiger partial charge on any atom is -0.467 e. The Hall–Kier alpha value is -0.113. The van der Waals surface area contributed by atoms with Crippen LogP contribution in [0.15, 0.2) is 0 Å². The lowest BCUT2D eigenvalue weighted by Crippen LogP contribution is -2.43. The summed E-state index contributed by atoms with van der Waals surface area (Å²) in [5.74, 6) is 1.17. The Morgan fingerprint density at radius 1 is 1.14 bits per heavy atom. The molecule has 0 aliphatic rings. The van der Waals surface area contributed by atoms with E-state index in [1.54, 1.807) is 11.8 Å². The zero-order chi connectivity index (χ0) is 16.9. The number of hydrogen-bond donors (Lipinski definition) is 1. The van der Waals surface area contributed by atoms with Crippen LogP contribution < -0.4 is 5.32 Å². The van der Waals surface area contributed by atoms with Crippen molar-refractivity contribution in [3.63, 3.8) is 0 Å². The standard InChI is InChI=1S/C10H21NO4SSi.C2H4Cl2/c1-14-9(12)8(11-10(13)15-2)6-16-7-17(3,4)5;3-1-2-4/h8H,6-7H2,1-5H3,(H,11,13);1-2H2. The second kappa shape index (κ2) is 13.5. The van der Waals surface area contributed by atoms with Crippen molar-refractivity contribution in [2.75, 3.05) is 37.1 Å². The van der Waals surface area contributed by atoms with E-state index in [0.29, 0.717) is 17.5 Å².